The van der Waals surface area contributed by atoms with Crippen LogP contribution in [0.4, 0.5) is 5.69 Å². The molecular formula is C16H18N2O2. The average Bonchev–Trinajstić information content (AvgIpc) is 3.20. The van der Waals surface area contributed by atoms with Gasteiger partial charge >= 0.3 is 0 Å². The molecule has 2 N–H and O–H groups in total. The number of nitrogens with two attached hydrogens (primary N) is 1. The average molecular weight is 270 g/mol. The van der Waals surface area contributed by atoms with Gasteiger partial charge in [0.25, 0.3) is 5.91 Å². The fraction of sp³-hybridized carbons (Fsp3) is 0.312. The van der Waals surface area contributed by atoms with Crippen molar-refractivity contribution in [3.63, 3.8) is 0 Å². The molecule has 2 aromatic rings. The Kier molecular flexibility index (Phi) is 3.32. The summed E-state index contributed by atoms with van der Waals surface area (Å²) in [5.74, 6) is 0.679. The van der Waals surface area contributed by atoms with Crippen LogP contribution < -0.4 is 10.6 Å². The second kappa shape index (κ2) is 5.13. The van der Waals surface area contributed by atoms with Gasteiger partial charge in [-0.1, -0.05) is 12.1 Å². The normalized spacial score (nSPS) is 14.3. The molecule has 0 saturated heterocycles. The van der Waals surface area contributed by atoms with E-state index in [2.05, 4.69) is 0 Å². The third kappa shape index (κ3) is 2.34. The number of hydrogen-bond donors (Lipinski definition) is 1. The molecule has 0 radical (unpaired) electrons. The summed E-state index contributed by atoms with van der Waals surface area (Å²) in [5, 5.41) is 0. The van der Waals surface area contributed by atoms with Gasteiger partial charge in [0.05, 0.1) is 11.8 Å². The van der Waals surface area contributed by atoms with Crippen molar-refractivity contribution in [2.24, 2.45) is 5.73 Å². The Balaban J connectivity index is 1.92. The second-order valence-electron chi connectivity index (χ2n) is 5.17. The molecule has 1 heterocycles. The lowest BCUT2D eigenvalue weighted by Crippen LogP contribution is -2.33. The van der Waals surface area contributed by atoms with Crippen LogP contribution in [-0.4, -0.2) is 11.9 Å². The minimum atomic E-state index is 0.0132. The Morgan fingerprint density at radius 2 is 2.00 bits per heavy atom. The highest BCUT2D eigenvalue weighted by molar-refractivity contribution is 6.07. The van der Waals surface area contributed by atoms with Gasteiger partial charge in [-0.25, -0.2) is 0 Å². The molecule has 1 aliphatic rings. The van der Waals surface area contributed by atoms with Gasteiger partial charge in [0.2, 0.25) is 0 Å². The van der Waals surface area contributed by atoms with Gasteiger partial charge in [0.15, 0.2) is 0 Å². The maximum Gasteiger partial charge on any atom is 0.262 e. The molecule has 4 nitrogen and oxygen atoms in total. The number of carbonyl (C=O) groups is 1. The van der Waals surface area contributed by atoms with Gasteiger partial charge < -0.3 is 15.1 Å². The molecule has 1 saturated carbocycles. The van der Waals surface area contributed by atoms with Crippen molar-refractivity contribution < 1.29 is 9.21 Å². The van der Waals surface area contributed by atoms with E-state index < -0.39 is 0 Å². The molecule has 20 heavy (non-hydrogen) atoms. The summed E-state index contributed by atoms with van der Waals surface area (Å²) in [6.45, 7) is 2.33. The molecule has 1 aromatic carbocycles. The summed E-state index contributed by atoms with van der Waals surface area (Å²) < 4.78 is 5.24. The zero-order valence-electron chi connectivity index (χ0n) is 11.5. The van der Waals surface area contributed by atoms with Gasteiger partial charge in [0.1, 0.15) is 5.76 Å². The summed E-state index contributed by atoms with van der Waals surface area (Å²) in [7, 11) is 0. The van der Waals surface area contributed by atoms with E-state index in [9.17, 15) is 4.79 Å². The molecule has 3 rings (SSSR count). The fourth-order valence-corrected chi connectivity index (χ4v) is 2.36. The first-order chi connectivity index (χ1) is 9.70. The van der Waals surface area contributed by atoms with E-state index in [0.29, 0.717) is 23.9 Å². The SMILES string of the molecule is Cc1occc1C(=O)N(c1ccc(CN)cc1)C1CC1. The van der Waals surface area contributed by atoms with E-state index in [-0.39, 0.29) is 5.91 Å². The summed E-state index contributed by atoms with van der Waals surface area (Å²) in [6.07, 6.45) is 3.67. The Bertz CT molecular complexity index is 612. The van der Waals surface area contributed by atoms with Gasteiger partial charge in [-0.3, -0.25) is 4.79 Å². The lowest BCUT2D eigenvalue weighted by atomic mass is 10.1. The van der Waals surface area contributed by atoms with E-state index in [1.54, 1.807) is 12.3 Å². The molecule has 0 atom stereocenters. The first-order valence-corrected chi connectivity index (χ1v) is 6.87. The highest BCUT2D eigenvalue weighted by atomic mass is 16.3. The van der Waals surface area contributed by atoms with E-state index in [1.165, 1.54) is 0 Å². The molecule has 1 fully saturated rings. The number of benzene rings is 1. The molecule has 1 amide bonds. The van der Waals surface area contributed by atoms with Crippen LogP contribution in [0.5, 0.6) is 0 Å². The van der Waals surface area contributed by atoms with Crippen molar-refractivity contribution in [3.8, 4) is 0 Å². The zero-order chi connectivity index (χ0) is 14.1. The van der Waals surface area contributed by atoms with Crippen LogP contribution in [0.2, 0.25) is 0 Å². The standard InChI is InChI=1S/C16H18N2O2/c1-11-15(8-9-20-11)16(19)18(14-6-7-14)13-4-2-12(10-17)3-5-13/h2-5,8-9,14H,6-7,10,17H2,1H3. The molecule has 0 unspecified atom stereocenters. The van der Waals surface area contributed by atoms with Gasteiger partial charge in [-0.2, -0.15) is 0 Å². The predicted molar refractivity (Wildman–Crippen MR) is 77.6 cm³/mol. The zero-order valence-corrected chi connectivity index (χ0v) is 11.5. The monoisotopic (exact) mass is 270 g/mol. The summed E-state index contributed by atoms with van der Waals surface area (Å²) in [5.41, 5.74) is 8.24. The molecular weight excluding hydrogens is 252 g/mol. The van der Waals surface area contributed by atoms with Crippen molar-refractivity contribution in [1.82, 2.24) is 0 Å². The van der Waals surface area contributed by atoms with E-state index >= 15 is 0 Å². The minimum Gasteiger partial charge on any atom is -0.469 e. The molecule has 0 aliphatic heterocycles. The summed E-state index contributed by atoms with van der Waals surface area (Å²) in [4.78, 5) is 14.6. The quantitative estimate of drug-likeness (QED) is 0.929. The first kappa shape index (κ1) is 12.9. The van der Waals surface area contributed by atoms with Crippen molar-refractivity contribution in [1.29, 1.82) is 0 Å². The Hall–Kier alpha value is -2.07. The number of rotatable bonds is 4. The number of aryl methyl sites for hydroxylation is 1. The third-order valence-corrected chi connectivity index (χ3v) is 3.67. The molecule has 0 spiro atoms. The van der Waals surface area contributed by atoms with Crippen LogP contribution in [0.25, 0.3) is 0 Å². The smallest absolute Gasteiger partial charge is 0.262 e. The largest absolute Gasteiger partial charge is 0.469 e. The molecule has 0 bridgehead atoms. The van der Waals surface area contributed by atoms with E-state index in [1.807, 2.05) is 36.1 Å². The van der Waals surface area contributed by atoms with Crippen LogP contribution >= 0.6 is 0 Å². The van der Waals surface area contributed by atoms with Crippen LogP contribution in [0, 0.1) is 6.92 Å². The molecule has 104 valence electrons. The van der Waals surface area contributed by atoms with Crippen LogP contribution in [0.3, 0.4) is 0 Å². The highest BCUT2D eigenvalue weighted by Crippen LogP contribution is 2.33. The molecule has 4 heteroatoms. The molecule has 1 aromatic heterocycles. The number of nitrogens with zero attached hydrogens (tertiary/aromatic N) is 1. The summed E-state index contributed by atoms with van der Waals surface area (Å²) >= 11 is 0. The first-order valence-electron chi connectivity index (χ1n) is 6.87. The van der Waals surface area contributed by atoms with Crippen LogP contribution in [0.15, 0.2) is 41.0 Å². The fourth-order valence-electron chi connectivity index (χ4n) is 2.36. The lowest BCUT2D eigenvalue weighted by Gasteiger charge is -2.22. The van der Waals surface area contributed by atoms with E-state index in [4.69, 9.17) is 10.2 Å². The molecule has 1 aliphatic carbocycles. The number of anilines is 1. The van der Waals surface area contributed by atoms with Crippen LogP contribution in [0.1, 0.15) is 34.5 Å². The number of amides is 1. The lowest BCUT2D eigenvalue weighted by molar-refractivity contribution is 0.0984. The topological polar surface area (TPSA) is 59.5 Å². The summed E-state index contributed by atoms with van der Waals surface area (Å²) in [6, 6.07) is 9.92. The highest BCUT2D eigenvalue weighted by Gasteiger charge is 2.35. The van der Waals surface area contributed by atoms with Gasteiger partial charge in [0, 0.05) is 18.3 Å². The third-order valence-electron chi connectivity index (χ3n) is 3.67. The Labute approximate surface area is 118 Å². The maximum atomic E-state index is 12.7. The Morgan fingerprint density at radius 3 is 2.50 bits per heavy atom. The predicted octanol–water partition coefficient (Wildman–Crippen LogP) is 2.86. The minimum absolute atomic E-state index is 0.0132. The van der Waals surface area contributed by atoms with Gasteiger partial charge in [-0.15, -0.1) is 0 Å². The van der Waals surface area contributed by atoms with Crippen molar-refractivity contribution >= 4 is 11.6 Å². The van der Waals surface area contributed by atoms with Gasteiger partial charge in [-0.05, 0) is 43.5 Å². The van der Waals surface area contributed by atoms with Crippen LogP contribution in [-0.2, 0) is 6.54 Å². The number of carbonyl (C=O) groups excluding carboxylic acids is 1. The van der Waals surface area contributed by atoms with E-state index in [0.717, 1.165) is 24.1 Å². The van der Waals surface area contributed by atoms with Crippen molar-refractivity contribution in [3.05, 3.63) is 53.5 Å². The number of furan rings is 1. The number of hydrogen-bond acceptors (Lipinski definition) is 3. The van der Waals surface area contributed by atoms with Crippen molar-refractivity contribution in [2.75, 3.05) is 4.90 Å². The maximum absolute atomic E-state index is 12.7. The Morgan fingerprint density at radius 1 is 1.30 bits per heavy atom. The van der Waals surface area contributed by atoms with Crippen molar-refractivity contribution in [2.45, 2.75) is 32.4 Å². The second-order valence-corrected chi connectivity index (χ2v) is 5.17.